The Morgan fingerprint density at radius 2 is 1.96 bits per heavy atom. The number of primary sulfonamides is 1. The summed E-state index contributed by atoms with van der Waals surface area (Å²) in [6.07, 6.45) is 7.36. The number of pyridine rings is 2. The van der Waals surface area contributed by atoms with Crippen molar-refractivity contribution in [2.24, 2.45) is 5.14 Å². The van der Waals surface area contributed by atoms with Crippen LogP contribution in [-0.2, 0) is 10.0 Å². The number of sulfonamides is 1. The number of hydrogen-bond donors (Lipinski definition) is 1. The van der Waals surface area contributed by atoms with E-state index >= 15 is 0 Å². The number of rotatable bonds is 3. The highest BCUT2D eigenvalue weighted by Gasteiger charge is 2.14. The Hall–Kier alpha value is -2.57. The molecule has 25 heavy (non-hydrogen) atoms. The Bertz CT molecular complexity index is 1100. The molecule has 126 valence electrons. The molecule has 5 nitrogen and oxygen atoms in total. The van der Waals surface area contributed by atoms with Crippen LogP contribution in [0.3, 0.4) is 0 Å². The molecule has 0 amide bonds. The molecule has 2 heterocycles. The van der Waals surface area contributed by atoms with Crippen LogP contribution in [0.2, 0.25) is 0 Å². The van der Waals surface area contributed by atoms with Crippen molar-refractivity contribution in [2.75, 3.05) is 0 Å². The maximum atomic E-state index is 11.6. The van der Waals surface area contributed by atoms with Gasteiger partial charge in [-0.2, -0.15) is 0 Å². The van der Waals surface area contributed by atoms with Gasteiger partial charge in [-0.05, 0) is 55.2 Å². The van der Waals surface area contributed by atoms with Crippen molar-refractivity contribution < 1.29 is 8.42 Å². The molecular weight excluding hydrogens is 334 g/mol. The van der Waals surface area contributed by atoms with Crippen LogP contribution in [0, 0.1) is 0 Å². The van der Waals surface area contributed by atoms with Gasteiger partial charge in [0.1, 0.15) is 0 Å². The van der Waals surface area contributed by atoms with Crippen LogP contribution in [-0.4, -0.2) is 18.4 Å². The molecule has 1 aliphatic rings. The van der Waals surface area contributed by atoms with Gasteiger partial charge in [-0.15, -0.1) is 0 Å². The molecule has 0 atom stereocenters. The van der Waals surface area contributed by atoms with Crippen molar-refractivity contribution in [1.82, 2.24) is 9.97 Å². The van der Waals surface area contributed by atoms with Crippen LogP contribution < -0.4 is 5.14 Å². The van der Waals surface area contributed by atoms with E-state index in [1.165, 1.54) is 11.6 Å². The first-order chi connectivity index (χ1) is 12.0. The van der Waals surface area contributed by atoms with Crippen LogP contribution in [0.5, 0.6) is 0 Å². The summed E-state index contributed by atoms with van der Waals surface area (Å²) in [5.41, 5.74) is 5.49. The Morgan fingerprint density at radius 1 is 1.08 bits per heavy atom. The fourth-order valence-electron chi connectivity index (χ4n) is 3.19. The van der Waals surface area contributed by atoms with Gasteiger partial charge in [-0.1, -0.05) is 18.2 Å². The van der Waals surface area contributed by atoms with E-state index < -0.39 is 10.0 Å². The molecule has 0 aliphatic heterocycles. The molecular formula is C19H17N3O2S. The lowest BCUT2D eigenvalue weighted by molar-refractivity contribution is 0.598. The summed E-state index contributed by atoms with van der Waals surface area (Å²) in [4.78, 5) is 9.25. The Kier molecular flexibility index (Phi) is 3.86. The average Bonchev–Trinajstić information content (AvgIpc) is 3.14. The summed E-state index contributed by atoms with van der Waals surface area (Å²) in [6.45, 7) is 0. The normalized spacial score (nSPS) is 14.7. The van der Waals surface area contributed by atoms with Crippen molar-refractivity contribution in [2.45, 2.75) is 24.2 Å². The van der Waals surface area contributed by atoms with Crippen LogP contribution in [0.25, 0.3) is 27.9 Å². The number of allylic oxidation sites excluding steroid dienone is 2. The van der Waals surface area contributed by atoms with Gasteiger partial charge < -0.3 is 0 Å². The van der Waals surface area contributed by atoms with Crippen LogP contribution in [0.1, 0.15) is 24.8 Å². The third-order valence-corrected chi connectivity index (χ3v) is 5.34. The van der Waals surface area contributed by atoms with Crippen LogP contribution in [0.15, 0.2) is 59.6 Å². The van der Waals surface area contributed by atoms with Crippen molar-refractivity contribution in [3.8, 4) is 11.3 Å². The molecule has 0 radical (unpaired) electrons. The van der Waals surface area contributed by atoms with Gasteiger partial charge in [0.25, 0.3) is 0 Å². The number of hydrogen-bond acceptors (Lipinski definition) is 4. The first-order valence-electron chi connectivity index (χ1n) is 8.11. The van der Waals surface area contributed by atoms with Gasteiger partial charge >= 0.3 is 0 Å². The zero-order valence-electron chi connectivity index (χ0n) is 13.5. The molecule has 1 aliphatic carbocycles. The summed E-state index contributed by atoms with van der Waals surface area (Å²) in [7, 11) is -3.75. The van der Waals surface area contributed by atoms with Gasteiger partial charge in [0.15, 0.2) is 0 Å². The average molecular weight is 351 g/mol. The van der Waals surface area contributed by atoms with E-state index in [4.69, 9.17) is 10.1 Å². The monoisotopic (exact) mass is 351 g/mol. The number of aromatic nitrogens is 2. The maximum Gasteiger partial charge on any atom is 0.238 e. The minimum absolute atomic E-state index is 0.0804. The minimum atomic E-state index is -3.75. The van der Waals surface area contributed by atoms with Crippen molar-refractivity contribution >= 4 is 26.6 Å². The van der Waals surface area contributed by atoms with E-state index in [-0.39, 0.29) is 4.90 Å². The number of benzene rings is 1. The largest absolute Gasteiger partial charge is 0.255 e. The van der Waals surface area contributed by atoms with E-state index in [1.807, 2.05) is 24.3 Å². The van der Waals surface area contributed by atoms with E-state index in [9.17, 15) is 8.42 Å². The lowest BCUT2D eigenvalue weighted by Crippen LogP contribution is -2.11. The molecule has 1 aromatic carbocycles. The van der Waals surface area contributed by atoms with E-state index in [0.29, 0.717) is 11.3 Å². The van der Waals surface area contributed by atoms with Gasteiger partial charge in [0.05, 0.1) is 21.6 Å². The summed E-state index contributed by atoms with van der Waals surface area (Å²) in [5, 5.41) is 5.24. The fourth-order valence-corrected chi connectivity index (χ4v) is 3.75. The molecule has 6 heteroatoms. The second-order valence-corrected chi connectivity index (χ2v) is 7.68. The quantitative estimate of drug-likeness (QED) is 0.782. The van der Waals surface area contributed by atoms with Crippen LogP contribution in [0.4, 0.5) is 0 Å². The van der Waals surface area contributed by atoms with Gasteiger partial charge in [0, 0.05) is 17.3 Å². The van der Waals surface area contributed by atoms with Crippen molar-refractivity contribution in [3.05, 3.63) is 60.3 Å². The van der Waals surface area contributed by atoms with Gasteiger partial charge in [-0.3, -0.25) is 4.98 Å². The topological polar surface area (TPSA) is 85.9 Å². The molecule has 2 N–H and O–H groups in total. The molecule has 0 fully saturated rings. The molecule has 4 rings (SSSR count). The number of fused-ring (bicyclic) bond motifs is 1. The molecule has 2 aromatic heterocycles. The Labute approximate surface area is 146 Å². The van der Waals surface area contributed by atoms with E-state index in [1.54, 1.807) is 18.3 Å². The predicted octanol–water partition coefficient (Wildman–Crippen LogP) is 3.51. The van der Waals surface area contributed by atoms with Gasteiger partial charge in [-0.25, -0.2) is 18.5 Å². The summed E-state index contributed by atoms with van der Waals surface area (Å²) in [5.74, 6) is 0. The third kappa shape index (κ3) is 3.06. The van der Waals surface area contributed by atoms with Crippen molar-refractivity contribution in [3.63, 3.8) is 0 Å². The van der Waals surface area contributed by atoms with Crippen molar-refractivity contribution in [1.29, 1.82) is 0 Å². The van der Waals surface area contributed by atoms with E-state index in [2.05, 4.69) is 11.1 Å². The summed E-state index contributed by atoms with van der Waals surface area (Å²) < 4.78 is 23.2. The molecule has 0 bridgehead atoms. The Balaban J connectivity index is 1.88. The SMILES string of the molecule is NS(=O)(=O)c1cccc(-c2ccc3nccc(C4=CCCC4)c3n2)c1. The molecule has 0 saturated heterocycles. The first-order valence-corrected chi connectivity index (χ1v) is 9.65. The maximum absolute atomic E-state index is 11.6. The number of nitrogens with two attached hydrogens (primary N) is 1. The summed E-state index contributed by atoms with van der Waals surface area (Å²) in [6, 6.07) is 12.3. The zero-order valence-corrected chi connectivity index (χ0v) is 14.3. The number of nitrogens with zero attached hydrogens (tertiary/aromatic N) is 2. The second-order valence-electron chi connectivity index (χ2n) is 6.12. The molecule has 0 spiro atoms. The zero-order chi connectivity index (χ0) is 17.4. The first kappa shape index (κ1) is 15.9. The lowest BCUT2D eigenvalue weighted by atomic mass is 10.0. The minimum Gasteiger partial charge on any atom is -0.255 e. The smallest absolute Gasteiger partial charge is 0.238 e. The second kappa shape index (κ2) is 6.06. The predicted molar refractivity (Wildman–Crippen MR) is 98.2 cm³/mol. The third-order valence-electron chi connectivity index (χ3n) is 4.43. The highest BCUT2D eigenvalue weighted by atomic mass is 32.2. The Morgan fingerprint density at radius 3 is 2.72 bits per heavy atom. The van der Waals surface area contributed by atoms with Crippen LogP contribution >= 0.6 is 0 Å². The summed E-state index contributed by atoms with van der Waals surface area (Å²) >= 11 is 0. The highest BCUT2D eigenvalue weighted by molar-refractivity contribution is 7.89. The standard InChI is InChI=1S/C19H17N3O2S/c20-25(23,24)15-7-3-6-14(12-15)17-8-9-18-19(22-17)16(10-11-21-18)13-4-1-2-5-13/h3-4,6-12H,1-2,5H2,(H2,20,23,24). The molecule has 0 saturated carbocycles. The highest BCUT2D eigenvalue weighted by Crippen LogP contribution is 2.32. The van der Waals surface area contributed by atoms with E-state index in [0.717, 1.165) is 35.9 Å². The molecule has 3 aromatic rings. The fraction of sp³-hybridized carbons (Fsp3) is 0.158. The lowest BCUT2D eigenvalue weighted by Gasteiger charge is -2.09. The van der Waals surface area contributed by atoms with Gasteiger partial charge in [0.2, 0.25) is 10.0 Å². The molecule has 0 unspecified atom stereocenters.